The molecule has 1 fully saturated rings. The monoisotopic (exact) mass is 287 g/mol. The van der Waals surface area contributed by atoms with Gasteiger partial charge >= 0.3 is 5.97 Å². The van der Waals surface area contributed by atoms with Crippen molar-refractivity contribution < 1.29 is 14.3 Å². The van der Waals surface area contributed by atoms with Crippen LogP contribution in [-0.2, 0) is 9.53 Å². The fraction of sp³-hybridized carbons (Fsp3) is 0.412. The summed E-state index contributed by atoms with van der Waals surface area (Å²) in [5, 5.41) is 0. The molecule has 1 heterocycles. The van der Waals surface area contributed by atoms with Crippen LogP contribution in [0.5, 0.6) is 0 Å². The number of nitrogens with zero attached hydrogens (tertiary/aromatic N) is 1. The Morgan fingerprint density at radius 1 is 1.24 bits per heavy atom. The number of carbonyl (C=O) groups excluding carboxylic acids is 2. The molecule has 0 radical (unpaired) electrons. The number of hydrogen-bond donors (Lipinski definition) is 0. The van der Waals surface area contributed by atoms with E-state index in [1.807, 2.05) is 4.90 Å². The molecule has 0 N–H and O–H groups in total. The Morgan fingerprint density at radius 3 is 2.57 bits per heavy atom. The van der Waals surface area contributed by atoms with Gasteiger partial charge in [0.1, 0.15) is 0 Å². The number of esters is 1. The summed E-state index contributed by atoms with van der Waals surface area (Å²) in [5.74, 6) is -0.303. The normalized spacial score (nSPS) is 18.8. The van der Waals surface area contributed by atoms with Crippen LogP contribution in [-0.4, -0.2) is 36.5 Å². The topological polar surface area (TPSA) is 46.6 Å². The van der Waals surface area contributed by atoms with E-state index in [9.17, 15) is 9.59 Å². The minimum atomic E-state index is -0.358. The standard InChI is InChI=1S/C17H21NO3/c1-13-5-3-4-12-18(13)16(19)11-8-14-6-9-15(10-7-14)17(20)21-2/h6-11,13H,3-5,12H2,1-2H3. The summed E-state index contributed by atoms with van der Waals surface area (Å²) in [6.07, 6.45) is 6.74. The highest BCUT2D eigenvalue weighted by molar-refractivity contribution is 5.92. The number of benzene rings is 1. The van der Waals surface area contributed by atoms with Gasteiger partial charge in [0.2, 0.25) is 5.91 Å². The quantitative estimate of drug-likeness (QED) is 0.634. The minimum absolute atomic E-state index is 0.0549. The molecule has 1 unspecified atom stereocenters. The molecule has 0 aliphatic carbocycles. The lowest BCUT2D eigenvalue weighted by molar-refractivity contribution is -0.129. The minimum Gasteiger partial charge on any atom is -0.465 e. The molecular formula is C17H21NO3. The molecule has 0 bridgehead atoms. The first-order valence-corrected chi connectivity index (χ1v) is 7.29. The number of hydrogen-bond acceptors (Lipinski definition) is 3. The molecule has 112 valence electrons. The molecule has 21 heavy (non-hydrogen) atoms. The van der Waals surface area contributed by atoms with E-state index in [2.05, 4.69) is 11.7 Å². The third-order valence-corrected chi connectivity index (χ3v) is 3.84. The van der Waals surface area contributed by atoms with Crippen LogP contribution < -0.4 is 0 Å². The Balaban J connectivity index is 2.00. The van der Waals surface area contributed by atoms with Crippen molar-refractivity contribution in [1.29, 1.82) is 0 Å². The van der Waals surface area contributed by atoms with Gasteiger partial charge in [-0.2, -0.15) is 0 Å². The molecule has 1 saturated heterocycles. The lowest BCUT2D eigenvalue weighted by Crippen LogP contribution is -2.41. The summed E-state index contributed by atoms with van der Waals surface area (Å²) >= 11 is 0. The van der Waals surface area contributed by atoms with Gasteiger partial charge in [-0.25, -0.2) is 4.79 Å². The van der Waals surface area contributed by atoms with Crippen molar-refractivity contribution in [3.63, 3.8) is 0 Å². The molecule has 4 nitrogen and oxygen atoms in total. The van der Waals surface area contributed by atoms with Gasteiger partial charge in [0.15, 0.2) is 0 Å². The van der Waals surface area contributed by atoms with Crippen LogP contribution in [0, 0.1) is 0 Å². The number of amides is 1. The molecule has 1 aromatic carbocycles. The summed E-state index contributed by atoms with van der Waals surface area (Å²) in [5.41, 5.74) is 1.39. The molecule has 4 heteroatoms. The van der Waals surface area contributed by atoms with E-state index in [1.54, 1.807) is 36.4 Å². The van der Waals surface area contributed by atoms with E-state index in [1.165, 1.54) is 13.5 Å². The average Bonchev–Trinajstić information content (AvgIpc) is 2.52. The number of carbonyl (C=O) groups is 2. The summed E-state index contributed by atoms with van der Waals surface area (Å²) < 4.78 is 4.65. The Bertz CT molecular complexity index is 533. The third kappa shape index (κ3) is 3.94. The predicted octanol–water partition coefficient (Wildman–Crippen LogP) is 2.89. The van der Waals surface area contributed by atoms with E-state index in [0.717, 1.165) is 24.9 Å². The van der Waals surface area contributed by atoms with Crippen LogP contribution in [0.4, 0.5) is 0 Å². The SMILES string of the molecule is COC(=O)c1ccc(C=CC(=O)N2CCCCC2C)cc1. The number of rotatable bonds is 3. The van der Waals surface area contributed by atoms with Crippen LogP contribution in [0.25, 0.3) is 6.08 Å². The summed E-state index contributed by atoms with van der Waals surface area (Å²) in [4.78, 5) is 25.4. The average molecular weight is 287 g/mol. The second-order valence-corrected chi connectivity index (χ2v) is 5.32. The first kappa shape index (κ1) is 15.3. The van der Waals surface area contributed by atoms with Crippen molar-refractivity contribution in [3.8, 4) is 0 Å². The Kier molecular flexibility index (Phi) is 5.14. The van der Waals surface area contributed by atoms with Crippen molar-refractivity contribution in [1.82, 2.24) is 4.90 Å². The van der Waals surface area contributed by atoms with E-state index in [0.29, 0.717) is 11.6 Å². The van der Waals surface area contributed by atoms with Gasteiger partial charge in [-0.15, -0.1) is 0 Å². The number of piperidine rings is 1. The fourth-order valence-corrected chi connectivity index (χ4v) is 2.54. The highest BCUT2D eigenvalue weighted by Crippen LogP contribution is 2.17. The summed E-state index contributed by atoms with van der Waals surface area (Å²) in [7, 11) is 1.36. The van der Waals surface area contributed by atoms with Crippen LogP contribution >= 0.6 is 0 Å². The molecule has 2 rings (SSSR count). The zero-order valence-corrected chi connectivity index (χ0v) is 12.5. The molecule has 1 aliphatic heterocycles. The van der Waals surface area contributed by atoms with Crippen LogP contribution in [0.2, 0.25) is 0 Å². The van der Waals surface area contributed by atoms with Gasteiger partial charge in [0, 0.05) is 18.7 Å². The smallest absolute Gasteiger partial charge is 0.337 e. The molecule has 1 amide bonds. The molecule has 1 atom stereocenters. The van der Waals surface area contributed by atoms with Gasteiger partial charge in [-0.1, -0.05) is 12.1 Å². The Labute approximate surface area is 125 Å². The number of likely N-dealkylation sites (tertiary alicyclic amines) is 1. The zero-order chi connectivity index (χ0) is 15.2. The molecule has 1 aromatic rings. The van der Waals surface area contributed by atoms with Gasteiger partial charge in [-0.05, 0) is 50.0 Å². The lowest BCUT2D eigenvalue weighted by atomic mass is 10.0. The second-order valence-electron chi connectivity index (χ2n) is 5.32. The molecule has 0 saturated carbocycles. The van der Waals surface area contributed by atoms with Gasteiger partial charge in [-0.3, -0.25) is 4.79 Å². The van der Waals surface area contributed by atoms with Gasteiger partial charge in [0.05, 0.1) is 12.7 Å². The van der Waals surface area contributed by atoms with Crippen LogP contribution in [0.1, 0.15) is 42.1 Å². The van der Waals surface area contributed by atoms with Crippen molar-refractivity contribution in [3.05, 3.63) is 41.5 Å². The van der Waals surface area contributed by atoms with Crippen molar-refractivity contribution in [2.45, 2.75) is 32.2 Å². The first-order valence-electron chi connectivity index (χ1n) is 7.29. The number of ether oxygens (including phenoxy) is 1. The van der Waals surface area contributed by atoms with Gasteiger partial charge in [0.25, 0.3) is 0 Å². The Morgan fingerprint density at radius 2 is 1.95 bits per heavy atom. The summed E-state index contributed by atoms with van der Waals surface area (Å²) in [6.45, 7) is 2.93. The van der Waals surface area contributed by atoms with Crippen LogP contribution in [0.15, 0.2) is 30.3 Å². The predicted molar refractivity (Wildman–Crippen MR) is 81.8 cm³/mol. The van der Waals surface area contributed by atoms with E-state index >= 15 is 0 Å². The molecular weight excluding hydrogens is 266 g/mol. The maximum atomic E-state index is 12.2. The first-order chi connectivity index (χ1) is 10.1. The second kappa shape index (κ2) is 7.07. The maximum absolute atomic E-state index is 12.2. The molecule has 1 aliphatic rings. The zero-order valence-electron chi connectivity index (χ0n) is 12.5. The molecule has 0 spiro atoms. The van der Waals surface area contributed by atoms with Crippen LogP contribution in [0.3, 0.4) is 0 Å². The highest BCUT2D eigenvalue weighted by atomic mass is 16.5. The van der Waals surface area contributed by atoms with Crippen molar-refractivity contribution in [2.24, 2.45) is 0 Å². The summed E-state index contributed by atoms with van der Waals surface area (Å²) in [6, 6.07) is 7.31. The maximum Gasteiger partial charge on any atom is 0.337 e. The number of methoxy groups -OCH3 is 1. The van der Waals surface area contributed by atoms with E-state index in [-0.39, 0.29) is 11.9 Å². The van der Waals surface area contributed by atoms with Crippen molar-refractivity contribution in [2.75, 3.05) is 13.7 Å². The molecule has 0 aromatic heterocycles. The third-order valence-electron chi connectivity index (χ3n) is 3.84. The van der Waals surface area contributed by atoms with Gasteiger partial charge < -0.3 is 9.64 Å². The van der Waals surface area contributed by atoms with Crippen molar-refractivity contribution >= 4 is 18.0 Å². The lowest BCUT2D eigenvalue weighted by Gasteiger charge is -2.32. The Hall–Kier alpha value is -2.10. The largest absolute Gasteiger partial charge is 0.465 e. The van der Waals surface area contributed by atoms with E-state index < -0.39 is 0 Å². The fourth-order valence-electron chi connectivity index (χ4n) is 2.54. The van der Waals surface area contributed by atoms with E-state index in [4.69, 9.17) is 0 Å². The highest BCUT2D eigenvalue weighted by Gasteiger charge is 2.21.